The Hall–Kier alpha value is -1.90. The molecular weight excluding hydrogens is 190 g/mol. The molecule has 1 heterocycles. The van der Waals surface area contributed by atoms with Crippen molar-refractivity contribution in [3.63, 3.8) is 0 Å². The van der Waals surface area contributed by atoms with Gasteiger partial charge in [0.25, 0.3) is 0 Å². The first kappa shape index (κ1) is 9.65. The van der Waals surface area contributed by atoms with Crippen molar-refractivity contribution in [3.8, 4) is 11.5 Å². The molecule has 0 spiro atoms. The second-order valence-electron chi connectivity index (χ2n) is 3.46. The number of carbonyl (C=O) groups excluding carboxylic acids is 1. The lowest BCUT2D eigenvalue weighted by atomic mass is 10.1. The summed E-state index contributed by atoms with van der Waals surface area (Å²) in [6.45, 7) is 3.46. The van der Waals surface area contributed by atoms with Crippen LogP contribution in [0, 0.1) is 6.92 Å². The van der Waals surface area contributed by atoms with Gasteiger partial charge in [-0.05, 0) is 19.1 Å². The molecule has 15 heavy (non-hydrogen) atoms. The highest BCUT2D eigenvalue weighted by Crippen LogP contribution is 2.20. The average Bonchev–Trinajstić information content (AvgIpc) is 2.66. The Morgan fingerprint density at radius 1 is 1.40 bits per heavy atom. The molecular formula is C12H11NO2. The Labute approximate surface area is 87.8 Å². The molecule has 2 rings (SSSR count). The van der Waals surface area contributed by atoms with Crippen LogP contribution in [0.1, 0.15) is 23.0 Å². The summed E-state index contributed by atoms with van der Waals surface area (Å²) in [4.78, 5) is 15.1. The van der Waals surface area contributed by atoms with Crippen LogP contribution in [0.25, 0.3) is 11.5 Å². The summed E-state index contributed by atoms with van der Waals surface area (Å²) in [6.07, 6.45) is 1.46. The zero-order chi connectivity index (χ0) is 10.8. The lowest BCUT2D eigenvalue weighted by molar-refractivity contribution is 0.0988. The fraction of sp³-hybridized carbons (Fsp3) is 0.167. The number of oxazole rings is 1. The number of hydrogen-bond acceptors (Lipinski definition) is 3. The van der Waals surface area contributed by atoms with E-state index in [-0.39, 0.29) is 5.78 Å². The van der Waals surface area contributed by atoms with Crippen molar-refractivity contribution >= 4 is 5.78 Å². The molecule has 0 saturated heterocycles. The van der Waals surface area contributed by atoms with Crippen molar-refractivity contribution in [1.82, 2.24) is 4.98 Å². The van der Waals surface area contributed by atoms with Crippen LogP contribution >= 0.6 is 0 Å². The number of rotatable bonds is 2. The quantitative estimate of drug-likeness (QED) is 0.701. The van der Waals surface area contributed by atoms with E-state index >= 15 is 0 Å². The Morgan fingerprint density at radius 3 is 2.80 bits per heavy atom. The minimum atomic E-state index is -0.110. The Balaban J connectivity index is 2.41. The highest BCUT2D eigenvalue weighted by atomic mass is 16.4. The first-order chi connectivity index (χ1) is 7.16. The van der Waals surface area contributed by atoms with Gasteiger partial charge in [-0.2, -0.15) is 0 Å². The maximum absolute atomic E-state index is 11.0. The average molecular weight is 201 g/mol. The van der Waals surface area contributed by atoms with E-state index < -0.39 is 0 Å². The molecule has 0 unspecified atom stereocenters. The molecule has 1 aromatic heterocycles. The third-order valence-electron chi connectivity index (χ3n) is 2.12. The second kappa shape index (κ2) is 3.69. The molecule has 3 heteroatoms. The first-order valence-corrected chi connectivity index (χ1v) is 4.70. The number of Topliss-reactive ketones (excluding diaryl/α,β-unsaturated/α-hetero) is 1. The lowest BCUT2D eigenvalue weighted by Gasteiger charge is -1.96. The molecule has 76 valence electrons. The molecule has 0 aliphatic heterocycles. The summed E-state index contributed by atoms with van der Waals surface area (Å²) < 4.78 is 5.33. The van der Waals surface area contributed by atoms with Gasteiger partial charge in [0.15, 0.2) is 11.5 Å². The number of aryl methyl sites for hydroxylation is 1. The Kier molecular flexibility index (Phi) is 2.37. The van der Waals surface area contributed by atoms with E-state index in [1.165, 1.54) is 13.1 Å². The third kappa shape index (κ3) is 1.96. The SMILES string of the molecule is CC(=O)c1cnc(-c2cccc(C)c2)o1. The number of nitrogens with zero attached hydrogens (tertiary/aromatic N) is 1. The molecule has 0 amide bonds. The van der Waals surface area contributed by atoms with E-state index in [1.54, 1.807) is 0 Å². The number of aromatic nitrogens is 1. The predicted molar refractivity (Wildman–Crippen MR) is 56.7 cm³/mol. The van der Waals surface area contributed by atoms with Crippen LogP contribution in [-0.4, -0.2) is 10.8 Å². The van der Waals surface area contributed by atoms with Gasteiger partial charge in [-0.25, -0.2) is 4.98 Å². The smallest absolute Gasteiger partial charge is 0.226 e. The zero-order valence-corrected chi connectivity index (χ0v) is 8.65. The van der Waals surface area contributed by atoms with E-state index in [1.807, 2.05) is 31.2 Å². The number of carbonyl (C=O) groups is 1. The molecule has 1 aromatic carbocycles. The molecule has 0 fully saturated rings. The molecule has 0 aliphatic rings. The standard InChI is InChI=1S/C12H11NO2/c1-8-4-3-5-10(6-8)12-13-7-11(15-12)9(2)14/h3-7H,1-2H3. The number of ketones is 1. The van der Waals surface area contributed by atoms with Gasteiger partial charge >= 0.3 is 0 Å². The van der Waals surface area contributed by atoms with E-state index in [9.17, 15) is 4.79 Å². The predicted octanol–water partition coefficient (Wildman–Crippen LogP) is 2.85. The van der Waals surface area contributed by atoms with Gasteiger partial charge in [0.2, 0.25) is 5.89 Å². The molecule has 0 bridgehead atoms. The zero-order valence-electron chi connectivity index (χ0n) is 8.65. The molecule has 0 aliphatic carbocycles. The van der Waals surface area contributed by atoms with Gasteiger partial charge in [0.1, 0.15) is 0 Å². The molecule has 3 nitrogen and oxygen atoms in total. The van der Waals surface area contributed by atoms with Gasteiger partial charge in [0, 0.05) is 12.5 Å². The van der Waals surface area contributed by atoms with Crippen LogP contribution < -0.4 is 0 Å². The van der Waals surface area contributed by atoms with Crippen LogP contribution in [0.15, 0.2) is 34.9 Å². The van der Waals surface area contributed by atoms with E-state index in [2.05, 4.69) is 4.98 Å². The van der Waals surface area contributed by atoms with Crippen LogP contribution in [0.3, 0.4) is 0 Å². The van der Waals surface area contributed by atoms with E-state index in [0.717, 1.165) is 11.1 Å². The summed E-state index contributed by atoms with van der Waals surface area (Å²) in [6, 6.07) is 7.80. The molecule has 0 atom stereocenters. The second-order valence-corrected chi connectivity index (χ2v) is 3.46. The minimum absolute atomic E-state index is 0.110. The summed E-state index contributed by atoms with van der Waals surface area (Å²) in [5, 5.41) is 0. The number of benzene rings is 1. The van der Waals surface area contributed by atoms with Gasteiger partial charge in [0.05, 0.1) is 6.20 Å². The Bertz CT molecular complexity index is 500. The van der Waals surface area contributed by atoms with Crippen molar-refractivity contribution in [2.45, 2.75) is 13.8 Å². The highest BCUT2D eigenvalue weighted by molar-refractivity contribution is 5.91. The topological polar surface area (TPSA) is 43.1 Å². The summed E-state index contributed by atoms with van der Waals surface area (Å²) in [5.41, 5.74) is 2.03. The maximum Gasteiger partial charge on any atom is 0.226 e. The lowest BCUT2D eigenvalue weighted by Crippen LogP contribution is -1.86. The molecule has 0 N–H and O–H groups in total. The third-order valence-corrected chi connectivity index (χ3v) is 2.12. The highest BCUT2D eigenvalue weighted by Gasteiger charge is 2.09. The maximum atomic E-state index is 11.0. The van der Waals surface area contributed by atoms with Crippen molar-refractivity contribution in [3.05, 3.63) is 41.8 Å². The molecule has 0 saturated carbocycles. The van der Waals surface area contributed by atoms with Crippen molar-refractivity contribution < 1.29 is 9.21 Å². The number of hydrogen-bond donors (Lipinski definition) is 0. The summed E-state index contributed by atoms with van der Waals surface area (Å²) in [7, 11) is 0. The first-order valence-electron chi connectivity index (χ1n) is 4.70. The largest absolute Gasteiger partial charge is 0.433 e. The van der Waals surface area contributed by atoms with Crippen LogP contribution in [0.2, 0.25) is 0 Å². The van der Waals surface area contributed by atoms with Gasteiger partial charge in [-0.15, -0.1) is 0 Å². The van der Waals surface area contributed by atoms with E-state index in [0.29, 0.717) is 11.7 Å². The molecule has 0 radical (unpaired) electrons. The fourth-order valence-electron chi connectivity index (χ4n) is 1.35. The van der Waals surface area contributed by atoms with Crippen molar-refractivity contribution in [2.24, 2.45) is 0 Å². The van der Waals surface area contributed by atoms with E-state index in [4.69, 9.17) is 4.42 Å². The normalized spacial score (nSPS) is 10.3. The van der Waals surface area contributed by atoms with Crippen molar-refractivity contribution in [2.75, 3.05) is 0 Å². The summed E-state index contributed by atoms with van der Waals surface area (Å²) >= 11 is 0. The van der Waals surface area contributed by atoms with Gasteiger partial charge in [-0.3, -0.25) is 4.79 Å². The van der Waals surface area contributed by atoms with Gasteiger partial charge in [-0.1, -0.05) is 17.7 Å². The minimum Gasteiger partial charge on any atom is -0.433 e. The summed E-state index contributed by atoms with van der Waals surface area (Å²) in [5.74, 6) is 0.678. The fourth-order valence-corrected chi connectivity index (χ4v) is 1.35. The van der Waals surface area contributed by atoms with Crippen LogP contribution in [-0.2, 0) is 0 Å². The monoisotopic (exact) mass is 201 g/mol. The van der Waals surface area contributed by atoms with Crippen LogP contribution in [0.4, 0.5) is 0 Å². The van der Waals surface area contributed by atoms with Crippen molar-refractivity contribution in [1.29, 1.82) is 0 Å². The van der Waals surface area contributed by atoms with Gasteiger partial charge < -0.3 is 4.42 Å². The van der Waals surface area contributed by atoms with Crippen LogP contribution in [0.5, 0.6) is 0 Å². The molecule has 2 aromatic rings. The Morgan fingerprint density at radius 2 is 2.20 bits per heavy atom.